The number of aryl methyl sites for hydroxylation is 2. The number of amides is 2. The average Bonchev–Trinajstić information content (AvgIpc) is 2.73. The van der Waals surface area contributed by atoms with Crippen LogP contribution in [0, 0.1) is 6.92 Å². The lowest BCUT2D eigenvalue weighted by atomic mass is 9.98. The third kappa shape index (κ3) is 4.53. The molecule has 0 saturated carbocycles. The van der Waals surface area contributed by atoms with Gasteiger partial charge in [-0.3, -0.25) is 9.59 Å². The summed E-state index contributed by atoms with van der Waals surface area (Å²) in [4.78, 5) is 27.0. The predicted molar refractivity (Wildman–Crippen MR) is 112 cm³/mol. The first-order valence-corrected chi connectivity index (χ1v) is 9.86. The van der Waals surface area contributed by atoms with Crippen molar-refractivity contribution in [3.8, 4) is 11.5 Å². The highest BCUT2D eigenvalue weighted by Crippen LogP contribution is 2.33. The van der Waals surface area contributed by atoms with E-state index in [9.17, 15) is 9.59 Å². The van der Waals surface area contributed by atoms with Crippen molar-refractivity contribution in [3.05, 3.63) is 52.6 Å². The number of methoxy groups -OCH3 is 2. The van der Waals surface area contributed by atoms with E-state index in [1.165, 1.54) is 0 Å². The lowest BCUT2D eigenvalue weighted by molar-refractivity contribution is -0.135. The lowest BCUT2D eigenvalue weighted by Gasteiger charge is -2.29. The van der Waals surface area contributed by atoms with Gasteiger partial charge < -0.3 is 19.7 Å². The fourth-order valence-electron chi connectivity index (χ4n) is 3.73. The first kappa shape index (κ1) is 20.7. The topological polar surface area (TPSA) is 67.9 Å². The zero-order chi connectivity index (χ0) is 21.0. The van der Waals surface area contributed by atoms with Crippen LogP contribution in [0.25, 0.3) is 0 Å². The molecular formula is C23H28N2O4. The number of hydrogen-bond acceptors (Lipinski definition) is 4. The molecule has 1 heterocycles. The van der Waals surface area contributed by atoms with Gasteiger partial charge in [0.25, 0.3) is 0 Å². The van der Waals surface area contributed by atoms with Gasteiger partial charge in [0.05, 0.1) is 14.2 Å². The number of benzene rings is 2. The second-order valence-corrected chi connectivity index (χ2v) is 7.23. The Balaban J connectivity index is 1.67. The van der Waals surface area contributed by atoms with Crippen LogP contribution in [0.3, 0.4) is 0 Å². The van der Waals surface area contributed by atoms with E-state index in [4.69, 9.17) is 9.47 Å². The van der Waals surface area contributed by atoms with Crippen LogP contribution >= 0.6 is 0 Å². The molecule has 0 aromatic heterocycles. The van der Waals surface area contributed by atoms with Crippen molar-refractivity contribution >= 4 is 17.5 Å². The van der Waals surface area contributed by atoms with Gasteiger partial charge in [0.1, 0.15) is 6.42 Å². The number of hydrogen-bond donors (Lipinski definition) is 1. The third-order valence-corrected chi connectivity index (χ3v) is 5.39. The molecule has 154 valence electrons. The maximum absolute atomic E-state index is 12.7. The van der Waals surface area contributed by atoms with Crippen LogP contribution in [-0.2, 0) is 29.0 Å². The zero-order valence-electron chi connectivity index (χ0n) is 17.5. The van der Waals surface area contributed by atoms with E-state index in [2.05, 4.69) is 5.32 Å². The second kappa shape index (κ2) is 8.99. The van der Waals surface area contributed by atoms with Gasteiger partial charge in [0, 0.05) is 18.8 Å². The van der Waals surface area contributed by atoms with Crippen LogP contribution in [0.1, 0.15) is 35.6 Å². The fourth-order valence-corrected chi connectivity index (χ4v) is 3.73. The summed E-state index contributed by atoms with van der Waals surface area (Å²) in [5.74, 6) is 0.881. The van der Waals surface area contributed by atoms with Gasteiger partial charge in [-0.15, -0.1) is 0 Å². The molecule has 1 N–H and O–H groups in total. The highest BCUT2D eigenvalue weighted by Gasteiger charge is 2.24. The molecule has 0 radical (unpaired) electrons. The number of ether oxygens (including phenoxy) is 2. The molecule has 0 aliphatic carbocycles. The Morgan fingerprint density at radius 3 is 2.45 bits per heavy atom. The number of anilines is 1. The van der Waals surface area contributed by atoms with Crippen molar-refractivity contribution in [1.29, 1.82) is 0 Å². The quantitative estimate of drug-likeness (QED) is 0.759. The number of carbonyl (C=O) groups is 2. The summed E-state index contributed by atoms with van der Waals surface area (Å²) in [5, 5.41) is 2.93. The molecule has 0 fully saturated rings. The molecule has 1 aliphatic heterocycles. The van der Waals surface area contributed by atoms with E-state index in [1.54, 1.807) is 19.1 Å². The predicted octanol–water partition coefficient (Wildman–Crippen LogP) is 3.49. The Kier molecular flexibility index (Phi) is 6.42. The van der Waals surface area contributed by atoms with Crippen molar-refractivity contribution in [1.82, 2.24) is 4.90 Å². The van der Waals surface area contributed by atoms with Crippen molar-refractivity contribution in [2.75, 3.05) is 26.1 Å². The normalized spacial score (nSPS) is 12.9. The van der Waals surface area contributed by atoms with Gasteiger partial charge in [0.15, 0.2) is 11.5 Å². The minimum Gasteiger partial charge on any atom is -0.493 e. The van der Waals surface area contributed by atoms with Crippen LogP contribution in [0.2, 0.25) is 0 Å². The van der Waals surface area contributed by atoms with Crippen LogP contribution < -0.4 is 14.8 Å². The van der Waals surface area contributed by atoms with E-state index in [-0.39, 0.29) is 18.2 Å². The van der Waals surface area contributed by atoms with E-state index >= 15 is 0 Å². The minimum absolute atomic E-state index is 0.167. The molecule has 2 aromatic rings. The van der Waals surface area contributed by atoms with E-state index in [0.29, 0.717) is 24.6 Å². The molecule has 0 unspecified atom stereocenters. The van der Waals surface area contributed by atoms with Gasteiger partial charge in [-0.1, -0.05) is 25.1 Å². The first-order chi connectivity index (χ1) is 14.0. The summed E-state index contributed by atoms with van der Waals surface area (Å²) in [7, 11) is 3.20. The highest BCUT2D eigenvalue weighted by atomic mass is 16.5. The third-order valence-electron chi connectivity index (χ3n) is 5.39. The summed E-state index contributed by atoms with van der Waals surface area (Å²) < 4.78 is 10.7. The molecule has 29 heavy (non-hydrogen) atoms. The highest BCUT2D eigenvalue weighted by molar-refractivity contribution is 6.04. The standard InChI is InChI=1S/C23H28N2O4/c1-5-16-8-6-7-15(2)23(16)24-21(26)13-22(27)25-10-9-17-11-19(28-3)20(29-4)12-18(17)14-25/h6-8,11-12H,5,9-10,13-14H2,1-4H3,(H,24,26). The number of fused-ring (bicyclic) bond motifs is 1. The summed E-state index contributed by atoms with van der Waals surface area (Å²) in [5.41, 5.74) is 5.05. The molecule has 0 atom stereocenters. The molecule has 2 amide bonds. The van der Waals surface area contributed by atoms with Crippen molar-refractivity contribution in [2.24, 2.45) is 0 Å². The number of carbonyl (C=O) groups excluding carboxylic acids is 2. The largest absolute Gasteiger partial charge is 0.493 e. The monoisotopic (exact) mass is 396 g/mol. The van der Waals surface area contributed by atoms with E-state index in [1.807, 2.05) is 44.2 Å². The number of para-hydroxylation sites is 1. The second-order valence-electron chi connectivity index (χ2n) is 7.23. The van der Waals surface area contributed by atoms with Crippen LogP contribution in [0.5, 0.6) is 11.5 Å². The molecule has 3 rings (SSSR count). The molecule has 0 saturated heterocycles. The van der Waals surface area contributed by atoms with Crippen molar-refractivity contribution in [3.63, 3.8) is 0 Å². The SMILES string of the molecule is CCc1cccc(C)c1NC(=O)CC(=O)N1CCc2cc(OC)c(OC)cc2C1. The minimum atomic E-state index is -0.280. The Hall–Kier alpha value is -3.02. The summed E-state index contributed by atoms with van der Waals surface area (Å²) in [6.07, 6.45) is 1.38. The molecule has 2 aromatic carbocycles. The van der Waals surface area contributed by atoms with Gasteiger partial charge in [-0.2, -0.15) is 0 Å². The van der Waals surface area contributed by atoms with Gasteiger partial charge in [-0.05, 0) is 54.2 Å². The summed E-state index contributed by atoms with van der Waals surface area (Å²) in [6, 6.07) is 9.80. The number of rotatable bonds is 6. The Labute approximate surface area is 171 Å². The molecule has 6 heteroatoms. The van der Waals surface area contributed by atoms with Crippen molar-refractivity contribution < 1.29 is 19.1 Å². The van der Waals surface area contributed by atoms with E-state index < -0.39 is 0 Å². The molecule has 1 aliphatic rings. The number of nitrogens with one attached hydrogen (secondary N) is 1. The smallest absolute Gasteiger partial charge is 0.233 e. The fraction of sp³-hybridized carbons (Fsp3) is 0.391. The molecule has 6 nitrogen and oxygen atoms in total. The van der Waals surface area contributed by atoms with Gasteiger partial charge >= 0.3 is 0 Å². The van der Waals surface area contributed by atoms with Gasteiger partial charge in [0.2, 0.25) is 11.8 Å². The van der Waals surface area contributed by atoms with Crippen LogP contribution in [-0.4, -0.2) is 37.5 Å². The Morgan fingerprint density at radius 1 is 1.10 bits per heavy atom. The summed E-state index contributed by atoms with van der Waals surface area (Å²) >= 11 is 0. The van der Waals surface area contributed by atoms with Crippen molar-refractivity contribution in [2.45, 2.75) is 39.7 Å². The number of nitrogens with zero attached hydrogens (tertiary/aromatic N) is 1. The maximum Gasteiger partial charge on any atom is 0.233 e. The molecular weight excluding hydrogens is 368 g/mol. The summed E-state index contributed by atoms with van der Waals surface area (Å²) in [6.45, 7) is 5.05. The van der Waals surface area contributed by atoms with Gasteiger partial charge in [-0.25, -0.2) is 0 Å². The average molecular weight is 396 g/mol. The first-order valence-electron chi connectivity index (χ1n) is 9.86. The van der Waals surface area contributed by atoms with Crippen LogP contribution in [0.15, 0.2) is 30.3 Å². The Bertz CT molecular complexity index is 923. The Morgan fingerprint density at radius 2 is 1.79 bits per heavy atom. The van der Waals surface area contributed by atoms with Crippen LogP contribution in [0.4, 0.5) is 5.69 Å². The van der Waals surface area contributed by atoms with E-state index in [0.717, 1.165) is 40.8 Å². The molecule has 0 bridgehead atoms. The zero-order valence-corrected chi connectivity index (χ0v) is 17.5. The lowest BCUT2D eigenvalue weighted by Crippen LogP contribution is -2.37. The molecule has 0 spiro atoms. The maximum atomic E-state index is 12.7.